The van der Waals surface area contributed by atoms with Crippen molar-refractivity contribution in [3.05, 3.63) is 36.5 Å². The quantitative estimate of drug-likeness (QED) is 0.613. The molecule has 0 aromatic rings. The second-order valence-electron chi connectivity index (χ2n) is 2.78. The molecule has 1 heteroatoms. The zero-order chi connectivity index (χ0) is 8.85. The Morgan fingerprint density at radius 3 is 2.36 bits per heavy atom. The minimum Gasteiger partial charge on any atom is -0.392 e. The van der Waals surface area contributed by atoms with E-state index in [9.17, 15) is 0 Å². The fourth-order valence-corrected chi connectivity index (χ4v) is 0.771. The third-order valence-corrected chi connectivity index (χ3v) is 1.54. The molecule has 1 N–H and O–H groups in total. The summed E-state index contributed by atoms with van der Waals surface area (Å²) in [7, 11) is 0. The van der Waals surface area contributed by atoms with Gasteiger partial charge in [-0.1, -0.05) is 29.9 Å². The molecule has 62 valence electrons. The summed E-state index contributed by atoms with van der Waals surface area (Å²) in [5.41, 5.74) is 2.01. The summed E-state index contributed by atoms with van der Waals surface area (Å²) in [6.45, 7) is 11.4. The van der Waals surface area contributed by atoms with Gasteiger partial charge in [-0.15, -0.1) is 6.58 Å². The standard InChI is InChI=1S/C10H16O/c1-5-10(8(2)3)6-9(4)7-11/h5-6,10-11H,1-2,7H2,3-4H3/b9-6-. The van der Waals surface area contributed by atoms with Crippen LogP contribution in [0.15, 0.2) is 36.5 Å². The Bertz CT molecular complexity index is 177. The number of hydrogen-bond donors (Lipinski definition) is 1. The monoisotopic (exact) mass is 152 g/mol. The van der Waals surface area contributed by atoms with Gasteiger partial charge in [0.1, 0.15) is 0 Å². The third kappa shape index (κ3) is 3.79. The molecule has 0 spiro atoms. The van der Waals surface area contributed by atoms with E-state index >= 15 is 0 Å². The molecule has 0 amide bonds. The summed E-state index contributed by atoms with van der Waals surface area (Å²) in [6.07, 6.45) is 3.79. The summed E-state index contributed by atoms with van der Waals surface area (Å²) in [5, 5.41) is 8.73. The van der Waals surface area contributed by atoms with Crippen LogP contribution < -0.4 is 0 Å². The van der Waals surface area contributed by atoms with Gasteiger partial charge in [0.05, 0.1) is 6.61 Å². The fraction of sp³-hybridized carbons (Fsp3) is 0.400. The predicted molar refractivity (Wildman–Crippen MR) is 49.3 cm³/mol. The van der Waals surface area contributed by atoms with E-state index < -0.39 is 0 Å². The Balaban J connectivity index is 4.29. The van der Waals surface area contributed by atoms with Crippen LogP contribution in [-0.2, 0) is 0 Å². The average molecular weight is 152 g/mol. The Hall–Kier alpha value is -0.820. The van der Waals surface area contributed by atoms with Crippen LogP contribution in [0, 0.1) is 5.92 Å². The molecule has 1 unspecified atom stereocenters. The van der Waals surface area contributed by atoms with Crippen molar-refractivity contribution in [2.45, 2.75) is 13.8 Å². The van der Waals surface area contributed by atoms with Crippen LogP contribution in [0.2, 0.25) is 0 Å². The molecule has 0 aromatic heterocycles. The first-order valence-electron chi connectivity index (χ1n) is 3.68. The normalized spacial score (nSPS) is 14.3. The van der Waals surface area contributed by atoms with Crippen LogP contribution >= 0.6 is 0 Å². The molecule has 0 aromatic carbocycles. The van der Waals surface area contributed by atoms with Crippen molar-refractivity contribution >= 4 is 0 Å². The Kier molecular flexibility index (Phi) is 4.55. The highest BCUT2D eigenvalue weighted by atomic mass is 16.3. The summed E-state index contributed by atoms with van der Waals surface area (Å²) in [5.74, 6) is 0.196. The average Bonchev–Trinajstić information content (AvgIpc) is 1.99. The van der Waals surface area contributed by atoms with E-state index in [-0.39, 0.29) is 12.5 Å². The van der Waals surface area contributed by atoms with Gasteiger partial charge in [0.2, 0.25) is 0 Å². The number of hydrogen-bond acceptors (Lipinski definition) is 1. The van der Waals surface area contributed by atoms with Crippen LogP contribution in [0.5, 0.6) is 0 Å². The second-order valence-corrected chi connectivity index (χ2v) is 2.78. The number of aliphatic hydroxyl groups is 1. The lowest BCUT2D eigenvalue weighted by molar-refractivity contribution is 0.330. The summed E-state index contributed by atoms with van der Waals surface area (Å²) in [4.78, 5) is 0. The van der Waals surface area contributed by atoms with Crippen molar-refractivity contribution in [1.82, 2.24) is 0 Å². The van der Waals surface area contributed by atoms with E-state index in [1.165, 1.54) is 0 Å². The molecule has 0 heterocycles. The smallest absolute Gasteiger partial charge is 0.0639 e. The molecule has 1 atom stereocenters. The number of allylic oxidation sites excluding steroid dienone is 3. The molecule has 0 radical (unpaired) electrons. The maximum atomic E-state index is 8.73. The maximum Gasteiger partial charge on any atom is 0.0639 e. The van der Waals surface area contributed by atoms with Gasteiger partial charge in [-0.2, -0.15) is 0 Å². The van der Waals surface area contributed by atoms with Gasteiger partial charge in [0.25, 0.3) is 0 Å². The van der Waals surface area contributed by atoms with E-state index in [2.05, 4.69) is 13.2 Å². The second kappa shape index (κ2) is 4.91. The van der Waals surface area contributed by atoms with E-state index in [4.69, 9.17) is 5.11 Å². The van der Waals surface area contributed by atoms with Crippen molar-refractivity contribution in [3.63, 3.8) is 0 Å². The van der Waals surface area contributed by atoms with Gasteiger partial charge in [-0.25, -0.2) is 0 Å². The molecule has 0 fully saturated rings. The summed E-state index contributed by atoms with van der Waals surface area (Å²) in [6, 6.07) is 0. The Labute approximate surface area is 68.7 Å². The lowest BCUT2D eigenvalue weighted by Gasteiger charge is -2.07. The van der Waals surface area contributed by atoms with Crippen LogP contribution in [-0.4, -0.2) is 11.7 Å². The van der Waals surface area contributed by atoms with Crippen molar-refractivity contribution in [3.8, 4) is 0 Å². The highest BCUT2D eigenvalue weighted by Gasteiger charge is 1.99. The Morgan fingerprint density at radius 2 is 2.09 bits per heavy atom. The largest absolute Gasteiger partial charge is 0.392 e. The first-order chi connectivity index (χ1) is 5.11. The molecule has 0 bridgehead atoms. The summed E-state index contributed by atoms with van der Waals surface area (Å²) < 4.78 is 0. The first-order valence-corrected chi connectivity index (χ1v) is 3.68. The van der Waals surface area contributed by atoms with Gasteiger partial charge in [-0.05, 0) is 13.8 Å². The minimum atomic E-state index is 0.109. The van der Waals surface area contributed by atoms with Crippen LogP contribution in [0.1, 0.15) is 13.8 Å². The lowest BCUT2D eigenvalue weighted by atomic mass is 10.00. The Morgan fingerprint density at radius 1 is 1.55 bits per heavy atom. The van der Waals surface area contributed by atoms with Crippen molar-refractivity contribution < 1.29 is 5.11 Å². The van der Waals surface area contributed by atoms with Gasteiger partial charge < -0.3 is 5.11 Å². The maximum absolute atomic E-state index is 8.73. The molecular weight excluding hydrogens is 136 g/mol. The highest BCUT2D eigenvalue weighted by Crippen LogP contribution is 2.12. The SMILES string of the molecule is C=CC(/C=C(/C)CO)C(=C)C. The molecule has 0 aliphatic heterocycles. The molecule has 0 aliphatic rings. The van der Waals surface area contributed by atoms with Crippen LogP contribution in [0.25, 0.3) is 0 Å². The molecular formula is C10H16O. The molecule has 0 aliphatic carbocycles. The van der Waals surface area contributed by atoms with Crippen LogP contribution in [0.3, 0.4) is 0 Å². The molecule has 0 saturated heterocycles. The topological polar surface area (TPSA) is 20.2 Å². The minimum absolute atomic E-state index is 0.109. The van der Waals surface area contributed by atoms with Crippen molar-refractivity contribution in [1.29, 1.82) is 0 Å². The molecule has 0 rings (SSSR count). The van der Waals surface area contributed by atoms with Gasteiger partial charge in [0, 0.05) is 5.92 Å². The van der Waals surface area contributed by atoms with Crippen LogP contribution in [0.4, 0.5) is 0 Å². The van der Waals surface area contributed by atoms with Gasteiger partial charge in [0.15, 0.2) is 0 Å². The van der Waals surface area contributed by atoms with Gasteiger partial charge >= 0.3 is 0 Å². The van der Waals surface area contributed by atoms with Gasteiger partial charge in [-0.3, -0.25) is 0 Å². The molecule has 0 saturated carbocycles. The fourth-order valence-electron chi connectivity index (χ4n) is 0.771. The zero-order valence-corrected chi connectivity index (χ0v) is 7.30. The number of rotatable bonds is 4. The zero-order valence-electron chi connectivity index (χ0n) is 7.30. The van der Waals surface area contributed by atoms with E-state index in [0.717, 1.165) is 11.1 Å². The molecule has 1 nitrogen and oxygen atoms in total. The summed E-state index contributed by atoms with van der Waals surface area (Å²) >= 11 is 0. The molecule has 11 heavy (non-hydrogen) atoms. The van der Waals surface area contributed by atoms with E-state index in [1.54, 1.807) is 0 Å². The lowest BCUT2D eigenvalue weighted by Crippen LogP contribution is -1.95. The predicted octanol–water partition coefficient (Wildman–Crippen LogP) is 2.30. The van der Waals surface area contributed by atoms with E-state index in [1.807, 2.05) is 26.0 Å². The highest BCUT2D eigenvalue weighted by molar-refractivity contribution is 5.17. The first kappa shape index (κ1) is 10.2. The third-order valence-electron chi connectivity index (χ3n) is 1.54. The number of aliphatic hydroxyl groups excluding tert-OH is 1. The van der Waals surface area contributed by atoms with Crippen molar-refractivity contribution in [2.75, 3.05) is 6.61 Å². The van der Waals surface area contributed by atoms with Crippen molar-refractivity contribution in [2.24, 2.45) is 5.92 Å². The van der Waals surface area contributed by atoms with E-state index in [0.29, 0.717) is 0 Å².